The van der Waals surface area contributed by atoms with Crippen molar-refractivity contribution in [3.05, 3.63) is 47.2 Å². The van der Waals surface area contributed by atoms with Gasteiger partial charge in [-0.25, -0.2) is 8.78 Å². The molecule has 1 saturated carbocycles. The Morgan fingerprint density at radius 2 is 1.89 bits per heavy atom. The first-order chi connectivity index (χ1) is 13.4. The molecule has 1 aliphatic heterocycles. The number of nitrogens with zero attached hydrogens (tertiary/aromatic N) is 3. The second kappa shape index (κ2) is 5.82. The summed E-state index contributed by atoms with van der Waals surface area (Å²) in [5.41, 5.74) is 1.24. The highest BCUT2D eigenvalue weighted by atomic mass is 19.1. The lowest BCUT2D eigenvalue weighted by atomic mass is 9.61. The maximum Gasteiger partial charge on any atom is 0.223 e. The van der Waals surface area contributed by atoms with Crippen molar-refractivity contribution < 1.29 is 13.6 Å². The third kappa shape index (κ3) is 2.06. The molecule has 2 fully saturated rings. The van der Waals surface area contributed by atoms with E-state index in [0.29, 0.717) is 6.42 Å². The second-order valence-electron chi connectivity index (χ2n) is 8.81. The number of hydrogen-bond donors (Lipinski definition) is 0. The van der Waals surface area contributed by atoms with E-state index in [-0.39, 0.29) is 28.5 Å². The van der Waals surface area contributed by atoms with Gasteiger partial charge in [-0.3, -0.25) is 4.79 Å². The predicted molar refractivity (Wildman–Crippen MR) is 100 cm³/mol. The van der Waals surface area contributed by atoms with E-state index in [0.717, 1.165) is 43.5 Å². The van der Waals surface area contributed by atoms with Crippen LogP contribution in [0.5, 0.6) is 0 Å². The average molecular weight is 383 g/mol. The Morgan fingerprint density at radius 1 is 1.14 bits per heavy atom. The van der Waals surface area contributed by atoms with Gasteiger partial charge in [-0.1, -0.05) is 26.3 Å². The summed E-state index contributed by atoms with van der Waals surface area (Å²) >= 11 is 0. The first-order valence-corrected chi connectivity index (χ1v) is 10.0. The molecule has 146 valence electrons. The standard InChI is InChI=1S/C22H23F2N3O/c1-21(2)14-6-4-10-22(21,27-11-5-9-18(27)28)20-13(14)12-17(25-26-20)19-15(23)7-3-8-16(19)24/h3,7-8,12,14H,4-6,9-11H2,1-2H3/t14?,22-/m1/s1. The van der Waals surface area contributed by atoms with Gasteiger partial charge in [0.15, 0.2) is 0 Å². The molecule has 2 aromatic rings. The van der Waals surface area contributed by atoms with Crippen LogP contribution in [0, 0.1) is 17.0 Å². The van der Waals surface area contributed by atoms with Crippen LogP contribution in [-0.4, -0.2) is 27.5 Å². The predicted octanol–water partition coefficient (Wildman–Crippen LogP) is 4.55. The normalized spacial score (nSPS) is 27.9. The summed E-state index contributed by atoms with van der Waals surface area (Å²) in [4.78, 5) is 14.7. The molecule has 2 atom stereocenters. The topological polar surface area (TPSA) is 46.1 Å². The summed E-state index contributed by atoms with van der Waals surface area (Å²) in [6.07, 6.45) is 4.27. The number of hydrogen-bond acceptors (Lipinski definition) is 3. The van der Waals surface area contributed by atoms with Crippen LogP contribution >= 0.6 is 0 Å². The smallest absolute Gasteiger partial charge is 0.223 e. The Morgan fingerprint density at radius 3 is 2.57 bits per heavy atom. The molecule has 5 rings (SSSR count). The highest BCUT2D eigenvalue weighted by Gasteiger charge is 2.64. The molecule has 1 amide bonds. The first-order valence-electron chi connectivity index (χ1n) is 10.0. The van der Waals surface area contributed by atoms with E-state index in [1.165, 1.54) is 18.2 Å². The average Bonchev–Trinajstić information content (AvgIpc) is 3.07. The highest BCUT2D eigenvalue weighted by molar-refractivity contribution is 5.80. The maximum atomic E-state index is 14.3. The van der Waals surface area contributed by atoms with Crippen LogP contribution in [-0.2, 0) is 10.3 Å². The highest BCUT2D eigenvalue weighted by Crippen LogP contribution is 2.66. The molecular formula is C22H23F2N3O. The van der Waals surface area contributed by atoms with E-state index < -0.39 is 17.2 Å². The minimum absolute atomic E-state index is 0.136. The Bertz CT molecular complexity index is 969. The second-order valence-corrected chi connectivity index (χ2v) is 8.81. The summed E-state index contributed by atoms with van der Waals surface area (Å²) in [5.74, 6) is -0.917. The van der Waals surface area contributed by atoms with Gasteiger partial charge in [0.1, 0.15) is 11.6 Å². The van der Waals surface area contributed by atoms with E-state index in [1.807, 2.05) is 11.0 Å². The summed E-state index contributed by atoms with van der Waals surface area (Å²) in [6, 6.07) is 5.63. The molecule has 0 radical (unpaired) electrons. The molecule has 1 aromatic heterocycles. The molecule has 3 aliphatic rings. The van der Waals surface area contributed by atoms with Crippen LogP contribution in [0.25, 0.3) is 11.3 Å². The van der Waals surface area contributed by atoms with Crippen molar-refractivity contribution in [3.8, 4) is 11.3 Å². The van der Waals surface area contributed by atoms with Gasteiger partial charge < -0.3 is 4.90 Å². The number of aromatic nitrogens is 2. The summed E-state index contributed by atoms with van der Waals surface area (Å²) < 4.78 is 28.6. The van der Waals surface area contributed by atoms with Gasteiger partial charge in [0.2, 0.25) is 5.91 Å². The van der Waals surface area contributed by atoms with Crippen molar-refractivity contribution in [2.75, 3.05) is 6.54 Å². The summed E-state index contributed by atoms with van der Waals surface area (Å²) in [7, 11) is 0. The van der Waals surface area contributed by atoms with Crippen LogP contribution in [0.4, 0.5) is 8.78 Å². The maximum absolute atomic E-state index is 14.3. The molecule has 0 N–H and O–H groups in total. The van der Waals surface area contributed by atoms with Crippen molar-refractivity contribution in [2.45, 2.75) is 57.4 Å². The van der Waals surface area contributed by atoms with E-state index in [4.69, 9.17) is 0 Å². The third-order valence-corrected chi connectivity index (χ3v) is 7.31. The molecule has 2 bridgehead atoms. The lowest BCUT2D eigenvalue weighted by Crippen LogP contribution is -2.56. The molecule has 2 aliphatic carbocycles. The van der Waals surface area contributed by atoms with Crippen molar-refractivity contribution in [1.82, 2.24) is 15.1 Å². The van der Waals surface area contributed by atoms with Crippen LogP contribution in [0.15, 0.2) is 24.3 Å². The molecule has 1 saturated heterocycles. The number of carbonyl (C=O) groups excluding carboxylic acids is 1. The fourth-order valence-corrected chi connectivity index (χ4v) is 6.02. The number of carbonyl (C=O) groups is 1. The van der Waals surface area contributed by atoms with Crippen molar-refractivity contribution in [2.24, 2.45) is 5.41 Å². The van der Waals surface area contributed by atoms with Crippen LogP contribution in [0.2, 0.25) is 0 Å². The SMILES string of the molecule is CC1(C)C2CCC[C@@]1(N1CCCC1=O)c1nnc(-c3c(F)cccc3F)cc12. The molecule has 0 spiro atoms. The van der Waals surface area contributed by atoms with E-state index in [1.54, 1.807) is 0 Å². The molecule has 1 unspecified atom stereocenters. The Kier molecular flexibility index (Phi) is 3.68. The lowest BCUT2D eigenvalue weighted by molar-refractivity contribution is -0.142. The number of benzene rings is 1. The molecule has 1 aromatic carbocycles. The number of amides is 1. The molecule has 6 heteroatoms. The van der Waals surface area contributed by atoms with E-state index >= 15 is 0 Å². The quantitative estimate of drug-likeness (QED) is 0.764. The first kappa shape index (κ1) is 17.7. The molecule has 2 heterocycles. The van der Waals surface area contributed by atoms with Crippen molar-refractivity contribution in [1.29, 1.82) is 0 Å². The van der Waals surface area contributed by atoms with Gasteiger partial charge >= 0.3 is 0 Å². The Hall–Kier alpha value is -2.37. The number of fused-ring (bicyclic) bond motifs is 5. The third-order valence-electron chi connectivity index (χ3n) is 7.31. The van der Waals surface area contributed by atoms with Gasteiger partial charge in [-0.15, -0.1) is 5.10 Å². The van der Waals surface area contributed by atoms with Crippen LogP contribution < -0.4 is 0 Å². The monoisotopic (exact) mass is 383 g/mol. The number of likely N-dealkylation sites (tertiary alicyclic amines) is 1. The van der Waals surface area contributed by atoms with Crippen molar-refractivity contribution in [3.63, 3.8) is 0 Å². The van der Waals surface area contributed by atoms with E-state index in [2.05, 4.69) is 24.0 Å². The van der Waals surface area contributed by atoms with Gasteiger partial charge in [0.25, 0.3) is 0 Å². The zero-order valence-corrected chi connectivity index (χ0v) is 16.1. The minimum atomic E-state index is -0.640. The van der Waals surface area contributed by atoms with Gasteiger partial charge in [0.05, 0.1) is 22.5 Å². The fraction of sp³-hybridized carbons (Fsp3) is 0.500. The van der Waals surface area contributed by atoms with Gasteiger partial charge in [0, 0.05) is 18.4 Å². The van der Waals surface area contributed by atoms with Gasteiger partial charge in [-0.05, 0) is 48.9 Å². The van der Waals surface area contributed by atoms with E-state index in [9.17, 15) is 13.6 Å². The minimum Gasteiger partial charge on any atom is -0.331 e. The largest absolute Gasteiger partial charge is 0.331 e. The zero-order valence-electron chi connectivity index (χ0n) is 16.1. The molecule has 4 nitrogen and oxygen atoms in total. The van der Waals surface area contributed by atoms with Crippen molar-refractivity contribution >= 4 is 5.91 Å². The Balaban J connectivity index is 1.72. The van der Waals surface area contributed by atoms with Crippen LogP contribution in [0.1, 0.15) is 63.1 Å². The van der Waals surface area contributed by atoms with Crippen LogP contribution in [0.3, 0.4) is 0 Å². The number of rotatable bonds is 2. The Labute approximate surface area is 163 Å². The summed E-state index contributed by atoms with van der Waals surface area (Å²) in [6.45, 7) is 5.14. The van der Waals surface area contributed by atoms with Gasteiger partial charge in [-0.2, -0.15) is 5.10 Å². The summed E-state index contributed by atoms with van der Waals surface area (Å²) in [5, 5.41) is 8.77. The number of halogens is 2. The lowest BCUT2D eigenvalue weighted by Gasteiger charge is -2.52. The molecule has 28 heavy (non-hydrogen) atoms. The molecular weight excluding hydrogens is 360 g/mol. The zero-order chi connectivity index (χ0) is 19.7. The fourth-order valence-electron chi connectivity index (χ4n) is 6.02.